The highest BCUT2D eigenvalue weighted by atomic mass is 16.1. The minimum Gasteiger partial charge on any atom is -0.384 e. The van der Waals surface area contributed by atoms with Crippen molar-refractivity contribution in [3.05, 3.63) is 53.6 Å². The number of carbonyl (C=O) groups excluding carboxylic acids is 1. The highest BCUT2D eigenvalue weighted by Crippen LogP contribution is 2.06. The molecule has 0 aromatic carbocycles. The molecule has 2 aromatic rings. The summed E-state index contributed by atoms with van der Waals surface area (Å²) in [6.45, 7) is 5.16. The van der Waals surface area contributed by atoms with Crippen LogP contribution in [0.25, 0.3) is 0 Å². The lowest BCUT2D eigenvalue weighted by molar-refractivity contribution is 0.0945. The van der Waals surface area contributed by atoms with Crippen molar-refractivity contribution < 1.29 is 4.79 Å². The van der Waals surface area contributed by atoms with E-state index in [1.807, 2.05) is 38.1 Å². The highest BCUT2D eigenvalue weighted by Gasteiger charge is 2.07. The molecule has 104 valence electrons. The van der Waals surface area contributed by atoms with Gasteiger partial charge >= 0.3 is 0 Å². The molecular weight excluding hydrogens is 252 g/mol. The van der Waals surface area contributed by atoms with Gasteiger partial charge in [0.05, 0.1) is 24.1 Å². The van der Waals surface area contributed by atoms with Crippen LogP contribution in [-0.4, -0.2) is 22.4 Å². The maximum Gasteiger partial charge on any atom is 0.270 e. The molecule has 0 saturated heterocycles. The number of aromatic nitrogens is 2. The van der Waals surface area contributed by atoms with Gasteiger partial charge in [0, 0.05) is 12.2 Å². The van der Waals surface area contributed by atoms with E-state index in [0.29, 0.717) is 12.2 Å². The topological polar surface area (TPSA) is 66.9 Å². The van der Waals surface area contributed by atoms with E-state index < -0.39 is 0 Å². The van der Waals surface area contributed by atoms with E-state index in [1.165, 1.54) is 0 Å². The van der Waals surface area contributed by atoms with Crippen LogP contribution in [0.3, 0.4) is 0 Å². The average molecular weight is 270 g/mol. The zero-order chi connectivity index (χ0) is 14.4. The van der Waals surface area contributed by atoms with Crippen LogP contribution in [-0.2, 0) is 6.54 Å². The van der Waals surface area contributed by atoms with Crippen molar-refractivity contribution in [3.63, 3.8) is 0 Å². The van der Waals surface area contributed by atoms with E-state index in [2.05, 4.69) is 20.6 Å². The Hall–Kier alpha value is -2.43. The summed E-state index contributed by atoms with van der Waals surface area (Å²) in [5.74, 6) is -0.198. The van der Waals surface area contributed by atoms with Gasteiger partial charge in [0.2, 0.25) is 0 Å². The van der Waals surface area contributed by atoms with Gasteiger partial charge in [0.25, 0.3) is 5.91 Å². The van der Waals surface area contributed by atoms with Gasteiger partial charge in [-0.15, -0.1) is 0 Å². The lowest BCUT2D eigenvalue weighted by Gasteiger charge is -2.06. The zero-order valence-corrected chi connectivity index (χ0v) is 11.7. The molecule has 2 N–H and O–H groups in total. The van der Waals surface area contributed by atoms with Crippen molar-refractivity contribution in [2.24, 2.45) is 0 Å². The van der Waals surface area contributed by atoms with Gasteiger partial charge in [-0.3, -0.25) is 9.78 Å². The van der Waals surface area contributed by atoms with E-state index in [1.54, 1.807) is 12.3 Å². The summed E-state index contributed by atoms with van der Waals surface area (Å²) in [6, 6.07) is 9.28. The van der Waals surface area contributed by atoms with Crippen LogP contribution < -0.4 is 10.6 Å². The van der Waals surface area contributed by atoms with Crippen molar-refractivity contribution in [1.82, 2.24) is 15.3 Å². The van der Waals surface area contributed by atoms with E-state index in [4.69, 9.17) is 0 Å². The number of anilines is 1. The second-order valence-electron chi connectivity index (χ2n) is 4.42. The number of carbonyl (C=O) groups is 1. The molecule has 5 heteroatoms. The number of rotatable bonds is 5. The molecule has 20 heavy (non-hydrogen) atoms. The standard InChI is InChI=1S/C15H18N4O/c1-3-16-12-7-8-14(17-9-12)15(20)18-10-13-6-4-5-11(2)19-13/h4-9,16H,3,10H2,1-2H3,(H,18,20). The van der Waals surface area contributed by atoms with Crippen LogP contribution in [0.4, 0.5) is 5.69 Å². The zero-order valence-electron chi connectivity index (χ0n) is 11.7. The second-order valence-corrected chi connectivity index (χ2v) is 4.42. The molecular formula is C15H18N4O. The quantitative estimate of drug-likeness (QED) is 0.873. The molecule has 2 aromatic heterocycles. The number of nitrogens with one attached hydrogen (secondary N) is 2. The average Bonchev–Trinajstić information content (AvgIpc) is 2.46. The fourth-order valence-corrected chi connectivity index (χ4v) is 1.80. The van der Waals surface area contributed by atoms with Gasteiger partial charge in [-0.2, -0.15) is 0 Å². The highest BCUT2D eigenvalue weighted by molar-refractivity contribution is 5.92. The summed E-state index contributed by atoms with van der Waals surface area (Å²) in [6.07, 6.45) is 1.66. The molecule has 0 radical (unpaired) electrons. The molecule has 1 amide bonds. The van der Waals surface area contributed by atoms with Gasteiger partial charge < -0.3 is 10.6 Å². The van der Waals surface area contributed by atoms with Gasteiger partial charge in [-0.05, 0) is 38.1 Å². The van der Waals surface area contributed by atoms with E-state index >= 15 is 0 Å². The van der Waals surface area contributed by atoms with Crippen molar-refractivity contribution >= 4 is 11.6 Å². The van der Waals surface area contributed by atoms with Crippen LogP contribution in [0.5, 0.6) is 0 Å². The molecule has 0 fully saturated rings. The van der Waals surface area contributed by atoms with E-state index in [0.717, 1.165) is 23.6 Å². The number of aryl methyl sites for hydroxylation is 1. The molecule has 0 unspecified atom stereocenters. The predicted molar refractivity (Wildman–Crippen MR) is 78.5 cm³/mol. The monoisotopic (exact) mass is 270 g/mol. The summed E-state index contributed by atoms with van der Waals surface area (Å²) in [5.41, 5.74) is 3.08. The largest absolute Gasteiger partial charge is 0.384 e. The minimum atomic E-state index is -0.198. The Morgan fingerprint density at radius 3 is 2.75 bits per heavy atom. The Balaban J connectivity index is 1.94. The van der Waals surface area contributed by atoms with Crippen LogP contribution in [0.15, 0.2) is 36.5 Å². The van der Waals surface area contributed by atoms with Gasteiger partial charge in [0.1, 0.15) is 5.69 Å². The number of pyridine rings is 2. The molecule has 0 atom stereocenters. The molecule has 0 saturated carbocycles. The molecule has 0 aliphatic heterocycles. The summed E-state index contributed by atoms with van der Waals surface area (Å²) in [5, 5.41) is 5.94. The van der Waals surface area contributed by atoms with Crippen LogP contribution in [0.2, 0.25) is 0 Å². The van der Waals surface area contributed by atoms with Crippen LogP contribution in [0, 0.1) is 6.92 Å². The summed E-state index contributed by atoms with van der Waals surface area (Å²) in [7, 11) is 0. The summed E-state index contributed by atoms with van der Waals surface area (Å²) >= 11 is 0. The molecule has 0 bridgehead atoms. The minimum absolute atomic E-state index is 0.198. The normalized spacial score (nSPS) is 10.1. The third-order valence-electron chi connectivity index (χ3n) is 2.75. The Bertz CT molecular complexity index is 581. The van der Waals surface area contributed by atoms with Gasteiger partial charge in [-0.25, -0.2) is 4.98 Å². The maximum absolute atomic E-state index is 12.0. The van der Waals surface area contributed by atoms with Crippen LogP contribution in [0.1, 0.15) is 28.8 Å². The Labute approximate surface area is 118 Å². The number of amides is 1. The number of hydrogen-bond donors (Lipinski definition) is 2. The van der Waals surface area contributed by atoms with E-state index in [-0.39, 0.29) is 5.91 Å². The Kier molecular flexibility index (Phi) is 4.65. The van der Waals surface area contributed by atoms with Gasteiger partial charge in [0.15, 0.2) is 0 Å². The van der Waals surface area contributed by atoms with Gasteiger partial charge in [-0.1, -0.05) is 6.07 Å². The first kappa shape index (κ1) is 14.0. The second kappa shape index (κ2) is 6.65. The summed E-state index contributed by atoms with van der Waals surface area (Å²) in [4.78, 5) is 20.4. The smallest absolute Gasteiger partial charge is 0.270 e. The van der Waals surface area contributed by atoms with E-state index in [9.17, 15) is 4.79 Å². The van der Waals surface area contributed by atoms with Crippen molar-refractivity contribution in [2.45, 2.75) is 20.4 Å². The fourth-order valence-electron chi connectivity index (χ4n) is 1.80. The Morgan fingerprint density at radius 1 is 1.25 bits per heavy atom. The Morgan fingerprint density at radius 2 is 2.10 bits per heavy atom. The predicted octanol–water partition coefficient (Wildman–Crippen LogP) is 2.15. The molecule has 0 aliphatic rings. The SMILES string of the molecule is CCNc1ccc(C(=O)NCc2cccc(C)n2)nc1. The first-order chi connectivity index (χ1) is 9.69. The summed E-state index contributed by atoms with van der Waals surface area (Å²) < 4.78 is 0. The maximum atomic E-state index is 12.0. The van der Waals surface area contributed by atoms with Crippen LogP contribution >= 0.6 is 0 Å². The first-order valence-electron chi connectivity index (χ1n) is 6.59. The third kappa shape index (κ3) is 3.78. The van der Waals surface area contributed by atoms with Crippen molar-refractivity contribution in [2.75, 3.05) is 11.9 Å². The van der Waals surface area contributed by atoms with Crippen molar-refractivity contribution in [3.8, 4) is 0 Å². The number of nitrogens with zero attached hydrogens (tertiary/aromatic N) is 2. The number of hydrogen-bond acceptors (Lipinski definition) is 4. The fraction of sp³-hybridized carbons (Fsp3) is 0.267. The first-order valence-corrected chi connectivity index (χ1v) is 6.59. The molecule has 0 aliphatic carbocycles. The lowest BCUT2D eigenvalue weighted by Crippen LogP contribution is -2.24. The molecule has 2 rings (SSSR count). The third-order valence-corrected chi connectivity index (χ3v) is 2.75. The molecule has 2 heterocycles. The van der Waals surface area contributed by atoms with Crippen molar-refractivity contribution in [1.29, 1.82) is 0 Å². The molecule has 5 nitrogen and oxygen atoms in total. The molecule has 0 spiro atoms. The lowest BCUT2D eigenvalue weighted by atomic mass is 10.3.